The van der Waals surface area contributed by atoms with Crippen molar-refractivity contribution in [1.29, 1.82) is 0 Å². The van der Waals surface area contributed by atoms with Crippen molar-refractivity contribution in [2.75, 3.05) is 20.1 Å². The number of nitrogens with zero attached hydrogens (tertiary/aromatic N) is 1. The summed E-state index contributed by atoms with van der Waals surface area (Å²) in [7, 11) is 1.79. The van der Waals surface area contributed by atoms with Gasteiger partial charge in [0.1, 0.15) is 6.61 Å². The van der Waals surface area contributed by atoms with E-state index in [1.54, 1.807) is 11.9 Å². The van der Waals surface area contributed by atoms with Crippen LogP contribution in [0.25, 0.3) is 0 Å². The van der Waals surface area contributed by atoms with Gasteiger partial charge in [0.15, 0.2) is 0 Å². The molecule has 18 heavy (non-hydrogen) atoms. The van der Waals surface area contributed by atoms with Crippen LogP contribution in [0.1, 0.15) is 18.4 Å². The van der Waals surface area contributed by atoms with Crippen molar-refractivity contribution in [2.45, 2.75) is 25.5 Å². The Bertz CT molecular complexity index is 375. The molecule has 2 rings (SSSR count). The molecule has 1 fully saturated rings. The monoisotopic (exact) mass is 248 g/mol. The summed E-state index contributed by atoms with van der Waals surface area (Å²) in [6.07, 6.45) is 2.07. The molecule has 4 nitrogen and oxygen atoms in total. The molecule has 4 heteroatoms. The second-order valence-electron chi connectivity index (χ2n) is 4.71. The summed E-state index contributed by atoms with van der Waals surface area (Å²) in [5.41, 5.74) is 1.01. The number of ether oxygens (including phenoxy) is 1. The third-order valence-corrected chi connectivity index (χ3v) is 3.17. The molecule has 1 saturated heterocycles. The van der Waals surface area contributed by atoms with Gasteiger partial charge in [0.2, 0.25) is 0 Å². The minimum Gasteiger partial charge on any atom is -0.445 e. The number of rotatable bonds is 4. The number of hydrogen-bond acceptors (Lipinski definition) is 3. The van der Waals surface area contributed by atoms with Gasteiger partial charge in [-0.3, -0.25) is 0 Å². The predicted molar refractivity (Wildman–Crippen MR) is 70.3 cm³/mol. The molecule has 1 amide bonds. The van der Waals surface area contributed by atoms with E-state index in [0.717, 1.165) is 18.5 Å². The molecule has 98 valence electrons. The molecule has 0 bridgehead atoms. The normalized spacial score (nSPS) is 18.6. The summed E-state index contributed by atoms with van der Waals surface area (Å²) in [6.45, 7) is 2.10. The van der Waals surface area contributed by atoms with Crippen molar-refractivity contribution < 1.29 is 9.53 Å². The highest BCUT2D eigenvalue weighted by Gasteiger charge is 2.19. The van der Waals surface area contributed by atoms with E-state index in [-0.39, 0.29) is 6.09 Å². The molecule has 1 atom stereocenters. The van der Waals surface area contributed by atoms with Crippen LogP contribution in [0.4, 0.5) is 4.79 Å². The summed E-state index contributed by atoms with van der Waals surface area (Å²) in [5, 5.41) is 3.37. The summed E-state index contributed by atoms with van der Waals surface area (Å²) in [4.78, 5) is 13.4. The van der Waals surface area contributed by atoms with Crippen LogP contribution in [0.15, 0.2) is 30.3 Å². The van der Waals surface area contributed by atoms with E-state index >= 15 is 0 Å². The third-order valence-electron chi connectivity index (χ3n) is 3.17. The number of carbonyl (C=O) groups is 1. The van der Waals surface area contributed by atoms with Crippen LogP contribution in [0.2, 0.25) is 0 Å². The molecule has 1 unspecified atom stereocenters. The number of hydrogen-bond donors (Lipinski definition) is 1. The zero-order valence-electron chi connectivity index (χ0n) is 10.8. The molecule has 1 aliphatic rings. The summed E-state index contributed by atoms with van der Waals surface area (Å²) in [5.74, 6) is 0. The van der Waals surface area contributed by atoms with Gasteiger partial charge in [-0.25, -0.2) is 4.79 Å². The second kappa shape index (κ2) is 6.40. The highest BCUT2D eigenvalue weighted by Crippen LogP contribution is 2.07. The van der Waals surface area contributed by atoms with E-state index in [1.165, 1.54) is 6.42 Å². The van der Waals surface area contributed by atoms with Gasteiger partial charge in [0.05, 0.1) is 0 Å². The van der Waals surface area contributed by atoms with E-state index in [1.807, 2.05) is 30.3 Å². The van der Waals surface area contributed by atoms with Gasteiger partial charge in [-0.1, -0.05) is 30.3 Å². The molecule has 1 heterocycles. The molecule has 1 N–H and O–H groups in total. The average molecular weight is 248 g/mol. The van der Waals surface area contributed by atoms with Gasteiger partial charge in [0.25, 0.3) is 0 Å². The summed E-state index contributed by atoms with van der Waals surface area (Å²) in [6, 6.07) is 10.1. The maximum atomic E-state index is 11.8. The van der Waals surface area contributed by atoms with E-state index in [9.17, 15) is 4.79 Å². The minimum absolute atomic E-state index is 0.257. The van der Waals surface area contributed by atoms with E-state index in [4.69, 9.17) is 4.74 Å². The van der Waals surface area contributed by atoms with Gasteiger partial charge >= 0.3 is 6.09 Å². The lowest BCUT2D eigenvalue weighted by Gasteiger charge is -2.20. The van der Waals surface area contributed by atoms with Crippen molar-refractivity contribution in [3.05, 3.63) is 35.9 Å². The van der Waals surface area contributed by atoms with Crippen molar-refractivity contribution in [3.63, 3.8) is 0 Å². The number of amides is 1. The van der Waals surface area contributed by atoms with Gasteiger partial charge in [-0.2, -0.15) is 0 Å². The van der Waals surface area contributed by atoms with Crippen molar-refractivity contribution in [1.82, 2.24) is 10.2 Å². The van der Waals surface area contributed by atoms with Crippen molar-refractivity contribution in [3.8, 4) is 0 Å². The molecular formula is C14H20N2O2. The van der Waals surface area contributed by atoms with Crippen LogP contribution in [-0.4, -0.2) is 37.2 Å². The molecule has 0 spiro atoms. The Labute approximate surface area is 108 Å². The first-order chi connectivity index (χ1) is 8.75. The zero-order chi connectivity index (χ0) is 12.8. The molecule has 0 aliphatic carbocycles. The van der Waals surface area contributed by atoms with Crippen LogP contribution in [0.3, 0.4) is 0 Å². The van der Waals surface area contributed by atoms with Crippen LogP contribution in [-0.2, 0) is 11.3 Å². The fourth-order valence-electron chi connectivity index (χ4n) is 2.15. The predicted octanol–water partition coefficient (Wildman–Crippen LogP) is 2.01. The topological polar surface area (TPSA) is 41.6 Å². The summed E-state index contributed by atoms with van der Waals surface area (Å²) < 4.78 is 5.26. The molecule has 1 aromatic carbocycles. The SMILES string of the molecule is CN(CC1CCCN1)C(=O)OCc1ccccc1. The molecule has 1 aromatic rings. The largest absolute Gasteiger partial charge is 0.445 e. The maximum absolute atomic E-state index is 11.8. The van der Waals surface area contributed by atoms with E-state index in [0.29, 0.717) is 19.2 Å². The second-order valence-corrected chi connectivity index (χ2v) is 4.71. The fourth-order valence-corrected chi connectivity index (χ4v) is 2.15. The Kier molecular flexibility index (Phi) is 4.59. The number of carbonyl (C=O) groups excluding carboxylic acids is 1. The van der Waals surface area contributed by atoms with Crippen LogP contribution in [0.5, 0.6) is 0 Å². The first-order valence-corrected chi connectivity index (χ1v) is 6.41. The highest BCUT2D eigenvalue weighted by atomic mass is 16.6. The molecule has 1 aliphatic heterocycles. The van der Waals surface area contributed by atoms with Crippen LogP contribution < -0.4 is 5.32 Å². The number of likely N-dealkylation sites (N-methyl/N-ethyl adjacent to an activating group) is 1. The lowest BCUT2D eigenvalue weighted by molar-refractivity contribution is 0.102. The Balaban J connectivity index is 1.73. The standard InChI is InChI=1S/C14H20N2O2/c1-16(10-13-8-5-9-15-13)14(17)18-11-12-6-3-2-4-7-12/h2-4,6-7,13,15H,5,8-11H2,1H3. The molecule has 0 radical (unpaired) electrons. The first-order valence-electron chi connectivity index (χ1n) is 6.41. The van der Waals surface area contributed by atoms with Crippen molar-refractivity contribution in [2.24, 2.45) is 0 Å². The van der Waals surface area contributed by atoms with Crippen LogP contribution >= 0.6 is 0 Å². The molecule has 0 saturated carbocycles. The lowest BCUT2D eigenvalue weighted by Crippen LogP contribution is -2.38. The first kappa shape index (κ1) is 12.9. The van der Waals surface area contributed by atoms with E-state index in [2.05, 4.69) is 5.32 Å². The zero-order valence-corrected chi connectivity index (χ0v) is 10.8. The van der Waals surface area contributed by atoms with Gasteiger partial charge in [-0.05, 0) is 24.9 Å². The Morgan fingerprint density at radius 3 is 2.89 bits per heavy atom. The fraction of sp³-hybridized carbons (Fsp3) is 0.500. The van der Waals surface area contributed by atoms with Gasteiger partial charge in [-0.15, -0.1) is 0 Å². The highest BCUT2D eigenvalue weighted by molar-refractivity contribution is 5.67. The van der Waals surface area contributed by atoms with Crippen LogP contribution in [0, 0.1) is 0 Å². The molecular weight excluding hydrogens is 228 g/mol. The smallest absolute Gasteiger partial charge is 0.409 e. The van der Waals surface area contributed by atoms with Gasteiger partial charge in [0, 0.05) is 19.6 Å². The lowest BCUT2D eigenvalue weighted by atomic mass is 10.2. The summed E-state index contributed by atoms with van der Waals surface area (Å²) >= 11 is 0. The minimum atomic E-state index is -0.257. The average Bonchev–Trinajstić information content (AvgIpc) is 2.90. The molecule has 0 aromatic heterocycles. The number of nitrogens with one attached hydrogen (secondary N) is 1. The van der Waals surface area contributed by atoms with E-state index < -0.39 is 0 Å². The Hall–Kier alpha value is -1.55. The number of benzene rings is 1. The Morgan fingerprint density at radius 1 is 1.44 bits per heavy atom. The van der Waals surface area contributed by atoms with Crippen molar-refractivity contribution >= 4 is 6.09 Å². The Morgan fingerprint density at radius 2 is 2.22 bits per heavy atom. The quantitative estimate of drug-likeness (QED) is 0.886. The third kappa shape index (κ3) is 3.74. The maximum Gasteiger partial charge on any atom is 0.409 e. The van der Waals surface area contributed by atoms with Gasteiger partial charge < -0.3 is 15.0 Å².